The van der Waals surface area contributed by atoms with E-state index in [0.29, 0.717) is 28.1 Å². The molecule has 0 unspecified atom stereocenters. The van der Waals surface area contributed by atoms with Crippen molar-refractivity contribution in [2.24, 2.45) is 7.05 Å². The quantitative estimate of drug-likeness (QED) is 0.385. The molecule has 3 aromatic rings. The predicted octanol–water partition coefficient (Wildman–Crippen LogP) is 4.03. The summed E-state index contributed by atoms with van der Waals surface area (Å²) in [6.45, 7) is 4.56. The molecule has 9 heteroatoms. The molecule has 1 N–H and O–H groups in total. The Balaban J connectivity index is 1.54. The molecule has 0 aliphatic carbocycles. The first kappa shape index (κ1) is 23.3. The highest BCUT2D eigenvalue weighted by molar-refractivity contribution is 7.99. The maximum absolute atomic E-state index is 12.4. The first-order valence-corrected chi connectivity index (χ1v) is 11.1. The molecule has 0 saturated carbocycles. The lowest BCUT2D eigenvalue weighted by molar-refractivity contribution is -0.113. The number of nitrogens with one attached hydrogen (secondary N) is 1. The maximum atomic E-state index is 12.4. The second kappa shape index (κ2) is 10.8. The fourth-order valence-corrected chi connectivity index (χ4v) is 3.62. The van der Waals surface area contributed by atoms with Crippen molar-refractivity contribution in [2.45, 2.75) is 31.5 Å². The maximum Gasteiger partial charge on any atom is 0.339 e. The molecule has 0 aliphatic rings. The fourth-order valence-electron chi connectivity index (χ4n) is 2.89. The minimum absolute atomic E-state index is 0.110. The zero-order chi connectivity index (χ0) is 23.1. The molecule has 3 rings (SSSR count). The number of carbonyl (C=O) groups is 2. The van der Waals surface area contributed by atoms with Crippen molar-refractivity contribution in [1.29, 1.82) is 0 Å². The van der Waals surface area contributed by atoms with Crippen LogP contribution in [0, 0.1) is 0 Å². The van der Waals surface area contributed by atoms with Gasteiger partial charge in [-0.05, 0) is 35.7 Å². The Kier molecular flexibility index (Phi) is 7.88. The van der Waals surface area contributed by atoms with Gasteiger partial charge in [0.1, 0.15) is 12.4 Å². The predicted molar refractivity (Wildman–Crippen MR) is 123 cm³/mol. The number of nitrogens with zero attached hydrogens (tertiary/aromatic N) is 3. The van der Waals surface area contributed by atoms with Gasteiger partial charge in [0.05, 0.1) is 24.1 Å². The molecular formula is C23H26N4O4S. The van der Waals surface area contributed by atoms with Crippen molar-refractivity contribution in [3.8, 4) is 5.75 Å². The number of amides is 1. The number of aromatic nitrogens is 3. The molecule has 168 valence electrons. The van der Waals surface area contributed by atoms with Crippen molar-refractivity contribution in [2.75, 3.05) is 18.2 Å². The summed E-state index contributed by atoms with van der Waals surface area (Å²) in [7, 11) is 3.13. The number of thioether (sulfide) groups is 1. The number of anilines is 1. The summed E-state index contributed by atoms with van der Waals surface area (Å²) in [5, 5.41) is 11.6. The Labute approximate surface area is 191 Å². The minimum atomic E-state index is -0.509. The average molecular weight is 455 g/mol. The molecule has 0 spiro atoms. The van der Waals surface area contributed by atoms with Gasteiger partial charge in [0, 0.05) is 7.05 Å². The van der Waals surface area contributed by atoms with Crippen molar-refractivity contribution >= 4 is 29.3 Å². The SMILES string of the molecule is COC(=O)c1ccccc1NC(=O)CSc1nnc(COc2ccc(C(C)C)cc2)n1C. The van der Waals surface area contributed by atoms with Crippen molar-refractivity contribution in [3.63, 3.8) is 0 Å². The molecular weight excluding hydrogens is 428 g/mol. The molecule has 0 fully saturated rings. The highest BCUT2D eigenvalue weighted by Gasteiger charge is 2.15. The summed E-state index contributed by atoms with van der Waals surface area (Å²) in [6, 6.07) is 14.7. The zero-order valence-corrected chi connectivity index (χ0v) is 19.3. The standard InChI is InChI=1S/C23H26N4O4S/c1-15(2)16-9-11-17(12-10-16)31-13-20-25-26-23(27(20)3)32-14-21(28)24-19-8-6-5-7-18(19)22(29)30-4/h5-12,15H,13-14H2,1-4H3,(H,24,28). The monoisotopic (exact) mass is 454 g/mol. The number of ether oxygens (including phenoxy) is 2. The van der Waals surface area contributed by atoms with Gasteiger partial charge < -0.3 is 19.4 Å². The Bertz CT molecular complexity index is 1080. The van der Waals surface area contributed by atoms with Crippen LogP contribution in [-0.4, -0.2) is 39.5 Å². The number of hydrogen-bond acceptors (Lipinski definition) is 7. The number of rotatable bonds is 9. The largest absolute Gasteiger partial charge is 0.486 e. The van der Waals surface area contributed by atoms with Gasteiger partial charge in [0.2, 0.25) is 5.91 Å². The van der Waals surface area contributed by atoms with Crippen LogP contribution in [0.3, 0.4) is 0 Å². The molecule has 0 atom stereocenters. The normalized spacial score (nSPS) is 10.8. The lowest BCUT2D eigenvalue weighted by Crippen LogP contribution is -2.17. The third-order valence-corrected chi connectivity index (χ3v) is 5.80. The number of para-hydroxylation sites is 1. The third kappa shape index (κ3) is 5.88. The smallest absolute Gasteiger partial charge is 0.339 e. The molecule has 2 aromatic carbocycles. The van der Waals surface area contributed by atoms with Gasteiger partial charge in [-0.25, -0.2) is 4.79 Å². The minimum Gasteiger partial charge on any atom is -0.486 e. The van der Waals surface area contributed by atoms with E-state index >= 15 is 0 Å². The van der Waals surface area contributed by atoms with E-state index in [2.05, 4.69) is 41.5 Å². The van der Waals surface area contributed by atoms with Crippen LogP contribution >= 0.6 is 11.8 Å². The number of benzene rings is 2. The number of esters is 1. The highest BCUT2D eigenvalue weighted by Crippen LogP contribution is 2.21. The lowest BCUT2D eigenvalue weighted by Gasteiger charge is -2.10. The number of methoxy groups -OCH3 is 1. The van der Waals surface area contributed by atoms with Crippen molar-refractivity contribution in [1.82, 2.24) is 14.8 Å². The summed E-state index contributed by atoms with van der Waals surface area (Å²) in [5.74, 6) is 1.21. The van der Waals surface area contributed by atoms with Gasteiger partial charge in [0.15, 0.2) is 11.0 Å². The van der Waals surface area contributed by atoms with Gasteiger partial charge in [-0.3, -0.25) is 4.79 Å². The second-order valence-electron chi connectivity index (χ2n) is 7.34. The van der Waals surface area contributed by atoms with Crippen molar-refractivity contribution < 1.29 is 19.1 Å². The van der Waals surface area contributed by atoms with Gasteiger partial charge >= 0.3 is 5.97 Å². The Hall–Kier alpha value is -3.33. The molecule has 1 heterocycles. The average Bonchev–Trinajstić information content (AvgIpc) is 3.15. The van der Waals surface area contributed by atoms with Crippen LogP contribution in [0.15, 0.2) is 53.7 Å². The van der Waals surface area contributed by atoms with E-state index < -0.39 is 5.97 Å². The Morgan fingerprint density at radius 1 is 1.09 bits per heavy atom. The van der Waals surface area contributed by atoms with E-state index in [1.54, 1.807) is 28.8 Å². The molecule has 0 bridgehead atoms. The lowest BCUT2D eigenvalue weighted by atomic mass is 10.0. The van der Waals surface area contributed by atoms with Crippen LogP contribution in [-0.2, 0) is 23.2 Å². The Morgan fingerprint density at radius 3 is 2.50 bits per heavy atom. The molecule has 1 aromatic heterocycles. The van der Waals surface area contributed by atoms with E-state index in [1.807, 2.05) is 19.2 Å². The van der Waals surface area contributed by atoms with E-state index in [-0.39, 0.29) is 18.3 Å². The third-order valence-electron chi connectivity index (χ3n) is 4.78. The highest BCUT2D eigenvalue weighted by atomic mass is 32.2. The van der Waals surface area contributed by atoms with E-state index in [1.165, 1.54) is 24.4 Å². The fraction of sp³-hybridized carbons (Fsp3) is 0.304. The van der Waals surface area contributed by atoms with Crippen LogP contribution in [0.4, 0.5) is 5.69 Å². The van der Waals surface area contributed by atoms with Crippen LogP contribution in [0.25, 0.3) is 0 Å². The number of carbonyl (C=O) groups excluding carboxylic acids is 2. The van der Waals surface area contributed by atoms with Crippen LogP contribution in [0.2, 0.25) is 0 Å². The first-order chi connectivity index (χ1) is 15.4. The number of hydrogen-bond donors (Lipinski definition) is 1. The van der Waals surface area contributed by atoms with E-state index in [9.17, 15) is 9.59 Å². The van der Waals surface area contributed by atoms with Gasteiger partial charge in [-0.2, -0.15) is 0 Å². The summed E-state index contributed by atoms with van der Waals surface area (Å²) in [5.41, 5.74) is 1.95. The molecule has 8 nitrogen and oxygen atoms in total. The molecule has 0 saturated heterocycles. The van der Waals surface area contributed by atoms with Gasteiger partial charge in [0.25, 0.3) is 0 Å². The topological polar surface area (TPSA) is 95.3 Å². The van der Waals surface area contributed by atoms with Crippen molar-refractivity contribution in [3.05, 3.63) is 65.5 Å². The zero-order valence-electron chi connectivity index (χ0n) is 18.5. The molecule has 32 heavy (non-hydrogen) atoms. The summed E-state index contributed by atoms with van der Waals surface area (Å²) in [4.78, 5) is 24.2. The van der Waals surface area contributed by atoms with Crippen LogP contribution < -0.4 is 10.1 Å². The molecule has 0 radical (unpaired) electrons. The van der Waals surface area contributed by atoms with Gasteiger partial charge in [-0.15, -0.1) is 10.2 Å². The van der Waals surface area contributed by atoms with Crippen LogP contribution in [0.5, 0.6) is 5.75 Å². The summed E-state index contributed by atoms with van der Waals surface area (Å²) >= 11 is 1.25. The summed E-state index contributed by atoms with van der Waals surface area (Å²) < 4.78 is 12.4. The first-order valence-electron chi connectivity index (χ1n) is 10.1. The van der Waals surface area contributed by atoms with Crippen LogP contribution in [0.1, 0.15) is 41.5 Å². The molecule has 0 aliphatic heterocycles. The summed E-state index contributed by atoms with van der Waals surface area (Å²) in [6.07, 6.45) is 0. The van der Waals surface area contributed by atoms with E-state index in [0.717, 1.165) is 5.75 Å². The molecule has 1 amide bonds. The van der Waals surface area contributed by atoms with E-state index in [4.69, 9.17) is 9.47 Å². The Morgan fingerprint density at radius 2 is 1.81 bits per heavy atom. The second-order valence-corrected chi connectivity index (χ2v) is 8.29. The van der Waals surface area contributed by atoms with Gasteiger partial charge in [-0.1, -0.05) is 49.9 Å².